The highest BCUT2D eigenvalue weighted by Crippen LogP contribution is 2.69. The second-order valence-electron chi connectivity index (χ2n) is 7.83. The number of carbonyl (C=O) groups excluding carboxylic acids is 3. The Morgan fingerprint density at radius 1 is 1.00 bits per heavy atom. The molecule has 1 amide bonds. The van der Waals surface area contributed by atoms with Gasteiger partial charge in [0, 0.05) is 11.5 Å². The molecule has 3 aliphatic carbocycles. The van der Waals surface area contributed by atoms with Gasteiger partial charge >= 0.3 is 0 Å². The van der Waals surface area contributed by atoms with Crippen LogP contribution in [-0.2, 0) is 14.4 Å². The molecule has 4 heteroatoms. The predicted molar refractivity (Wildman–Crippen MR) is 78.6 cm³/mol. The molecule has 0 aromatic rings. The van der Waals surface area contributed by atoms with Crippen LogP contribution in [0.2, 0.25) is 0 Å². The zero-order chi connectivity index (χ0) is 15.5. The van der Waals surface area contributed by atoms with Crippen LogP contribution in [0.1, 0.15) is 65.7 Å². The van der Waals surface area contributed by atoms with Crippen LogP contribution in [0, 0.1) is 16.2 Å². The van der Waals surface area contributed by atoms with Gasteiger partial charge in [-0.25, -0.2) is 0 Å². The molecule has 2 unspecified atom stereocenters. The quantitative estimate of drug-likeness (QED) is 0.627. The maximum absolute atomic E-state index is 12.9. The molecule has 2 atom stereocenters. The van der Waals surface area contributed by atoms with Crippen LogP contribution >= 0.6 is 0 Å². The van der Waals surface area contributed by atoms with Gasteiger partial charge in [-0.3, -0.25) is 14.4 Å². The van der Waals surface area contributed by atoms with E-state index in [1.54, 1.807) is 0 Å². The van der Waals surface area contributed by atoms with Gasteiger partial charge in [-0.1, -0.05) is 40.0 Å². The van der Waals surface area contributed by atoms with Gasteiger partial charge in [-0.2, -0.15) is 0 Å². The summed E-state index contributed by atoms with van der Waals surface area (Å²) in [4.78, 5) is 37.9. The molecule has 0 radical (unpaired) electrons. The molecule has 21 heavy (non-hydrogen) atoms. The lowest BCUT2D eigenvalue weighted by molar-refractivity contribution is -0.149. The van der Waals surface area contributed by atoms with E-state index < -0.39 is 22.0 Å². The second-order valence-corrected chi connectivity index (χ2v) is 7.83. The Morgan fingerprint density at radius 3 is 2.14 bits per heavy atom. The monoisotopic (exact) mass is 291 g/mol. The summed E-state index contributed by atoms with van der Waals surface area (Å²) in [7, 11) is 0. The van der Waals surface area contributed by atoms with Crippen molar-refractivity contribution in [3.05, 3.63) is 0 Å². The average molecular weight is 291 g/mol. The van der Waals surface area contributed by atoms with Crippen molar-refractivity contribution in [3.8, 4) is 0 Å². The van der Waals surface area contributed by atoms with E-state index >= 15 is 0 Å². The molecule has 116 valence electrons. The van der Waals surface area contributed by atoms with Gasteiger partial charge in [0.05, 0.1) is 0 Å². The maximum Gasteiger partial charge on any atom is 0.235 e. The Balaban J connectivity index is 1.90. The molecule has 3 aliphatic rings. The van der Waals surface area contributed by atoms with Crippen molar-refractivity contribution < 1.29 is 14.4 Å². The Labute approximate surface area is 126 Å². The van der Waals surface area contributed by atoms with Gasteiger partial charge in [0.1, 0.15) is 5.41 Å². The minimum atomic E-state index is -1.13. The lowest BCUT2D eigenvalue weighted by atomic mass is 9.64. The molecule has 2 bridgehead atoms. The Morgan fingerprint density at radius 2 is 1.62 bits per heavy atom. The van der Waals surface area contributed by atoms with Crippen LogP contribution in [0.4, 0.5) is 0 Å². The topological polar surface area (TPSA) is 63.2 Å². The van der Waals surface area contributed by atoms with Gasteiger partial charge < -0.3 is 5.32 Å². The van der Waals surface area contributed by atoms with E-state index in [1.165, 1.54) is 6.42 Å². The third kappa shape index (κ3) is 1.59. The van der Waals surface area contributed by atoms with Gasteiger partial charge in [0.2, 0.25) is 17.5 Å². The van der Waals surface area contributed by atoms with E-state index in [9.17, 15) is 14.4 Å². The number of nitrogens with one attached hydrogen (secondary N) is 1. The normalized spacial score (nSPS) is 38.8. The molecule has 3 rings (SSSR count). The Hall–Kier alpha value is -1.19. The van der Waals surface area contributed by atoms with E-state index in [0.29, 0.717) is 12.8 Å². The van der Waals surface area contributed by atoms with Crippen LogP contribution in [0.3, 0.4) is 0 Å². The second kappa shape index (κ2) is 4.40. The number of Topliss-reactive ketones (excluding diaryl/α,β-unsaturated/α-hetero) is 2. The van der Waals surface area contributed by atoms with Crippen LogP contribution in [0.25, 0.3) is 0 Å². The SMILES string of the molecule is CC12CCC(C(=O)NC3CCCCC3)(C(=O)C1=O)C2(C)C. The fourth-order valence-corrected chi connectivity index (χ4v) is 4.83. The Kier molecular flexibility index (Phi) is 3.09. The maximum atomic E-state index is 12.9. The van der Waals surface area contributed by atoms with E-state index in [0.717, 1.165) is 25.7 Å². The Bertz CT molecular complexity index is 518. The highest BCUT2D eigenvalue weighted by atomic mass is 16.2. The third-order valence-corrected chi connectivity index (χ3v) is 6.87. The fraction of sp³-hybridized carbons (Fsp3) is 0.824. The molecule has 0 spiro atoms. The van der Waals surface area contributed by atoms with E-state index in [2.05, 4.69) is 5.32 Å². The summed E-state index contributed by atoms with van der Waals surface area (Å²) in [5.74, 6) is -0.980. The molecule has 0 aromatic carbocycles. The predicted octanol–water partition coefficient (Wildman–Crippen LogP) is 2.40. The molecule has 3 fully saturated rings. The van der Waals surface area contributed by atoms with E-state index in [4.69, 9.17) is 0 Å². The van der Waals surface area contributed by atoms with Gasteiger partial charge in [-0.05, 0) is 31.1 Å². The number of rotatable bonds is 2. The summed E-state index contributed by atoms with van der Waals surface area (Å²) in [6.07, 6.45) is 6.61. The first-order valence-corrected chi connectivity index (χ1v) is 8.17. The molecule has 0 heterocycles. The number of amides is 1. The van der Waals surface area contributed by atoms with Crippen molar-refractivity contribution in [2.45, 2.75) is 71.8 Å². The smallest absolute Gasteiger partial charge is 0.235 e. The third-order valence-electron chi connectivity index (χ3n) is 6.87. The number of fused-ring (bicyclic) bond motifs is 2. The summed E-state index contributed by atoms with van der Waals surface area (Å²) >= 11 is 0. The van der Waals surface area contributed by atoms with E-state index in [-0.39, 0.29) is 17.7 Å². The van der Waals surface area contributed by atoms with Crippen LogP contribution in [-0.4, -0.2) is 23.5 Å². The van der Waals surface area contributed by atoms with Crippen molar-refractivity contribution in [2.24, 2.45) is 16.2 Å². The molecule has 4 nitrogen and oxygen atoms in total. The minimum absolute atomic E-state index is 0.173. The number of ketones is 2. The highest BCUT2D eigenvalue weighted by molar-refractivity contribution is 6.48. The molecular weight excluding hydrogens is 266 g/mol. The average Bonchev–Trinajstić information content (AvgIpc) is 2.72. The van der Waals surface area contributed by atoms with Gasteiger partial charge in [-0.15, -0.1) is 0 Å². The van der Waals surface area contributed by atoms with Crippen molar-refractivity contribution in [1.29, 1.82) is 0 Å². The lowest BCUT2D eigenvalue weighted by Crippen LogP contribution is -2.53. The minimum Gasteiger partial charge on any atom is -0.352 e. The fourth-order valence-electron chi connectivity index (χ4n) is 4.83. The first kappa shape index (κ1) is 14.7. The summed E-state index contributed by atoms with van der Waals surface area (Å²) in [6, 6.07) is 0.173. The molecule has 0 saturated heterocycles. The van der Waals surface area contributed by atoms with Crippen LogP contribution in [0.5, 0.6) is 0 Å². The first-order chi connectivity index (χ1) is 9.77. The van der Waals surface area contributed by atoms with Crippen molar-refractivity contribution in [2.75, 3.05) is 0 Å². The molecule has 0 aliphatic heterocycles. The van der Waals surface area contributed by atoms with Crippen LogP contribution < -0.4 is 5.32 Å². The summed E-state index contributed by atoms with van der Waals surface area (Å²) in [5.41, 5.74) is -2.39. The zero-order valence-electron chi connectivity index (χ0n) is 13.3. The van der Waals surface area contributed by atoms with E-state index in [1.807, 2.05) is 20.8 Å². The van der Waals surface area contributed by atoms with Gasteiger partial charge in [0.25, 0.3) is 0 Å². The molecular formula is C17H25NO3. The van der Waals surface area contributed by atoms with Crippen molar-refractivity contribution in [1.82, 2.24) is 5.32 Å². The number of hydrogen-bond donors (Lipinski definition) is 1. The van der Waals surface area contributed by atoms with Gasteiger partial charge in [0.15, 0.2) is 0 Å². The summed E-state index contributed by atoms with van der Waals surface area (Å²) < 4.78 is 0. The van der Waals surface area contributed by atoms with Crippen LogP contribution in [0.15, 0.2) is 0 Å². The zero-order valence-corrected chi connectivity index (χ0v) is 13.3. The van der Waals surface area contributed by atoms with Crippen molar-refractivity contribution >= 4 is 17.5 Å². The summed E-state index contributed by atoms with van der Waals surface area (Å²) in [5, 5.41) is 3.09. The molecule has 0 aromatic heterocycles. The molecule has 3 saturated carbocycles. The summed E-state index contributed by atoms with van der Waals surface area (Å²) in [6.45, 7) is 5.70. The lowest BCUT2D eigenvalue weighted by Gasteiger charge is -2.38. The molecule has 1 N–H and O–H groups in total. The standard InChI is InChI=1S/C17H25NO3/c1-15(2)16(3)9-10-17(15,13(20)12(16)19)14(21)18-11-7-5-4-6-8-11/h11H,4-10H2,1-3H3,(H,18,21). The highest BCUT2D eigenvalue weighted by Gasteiger charge is 2.77. The van der Waals surface area contributed by atoms with Crippen molar-refractivity contribution in [3.63, 3.8) is 0 Å². The first-order valence-electron chi connectivity index (χ1n) is 8.17. The largest absolute Gasteiger partial charge is 0.352 e. The number of hydrogen-bond acceptors (Lipinski definition) is 3. The number of carbonyl (C=O) groups is 3.